The second kappa shape index (κ2) is 6.96. The van der Waals surface area contributed by atoms with Crippen LogP contribution in [0.4, 0.5) is 5.95 Å². The fourth-order valence-electron chi connectivity index (χ4n) is 3.07. The molecule has 1 unspecified atom stereocenters. The van der Waals surface area contributed by atoms with Gasteiger partial charge in [0.15, 0.2) is 0 Å². The van der Waals surface area contributed by atoms with E-state index in [1.165, 1.54) is 16.7 Å². The van der Waals surface area contributed by atoms with Crippen LogP contribution in [0, 0.1) is 13.8 Å². The standard InChI is InChI=1S/C18H24N4O/c1-13-4-5-15(14(2)10-13)11-22-9-7-16(12-22)20-18-19-8-6-17(21-18)23-3/h4-6,8,10,16H,7,9,11-12H2,1-3H3,(H,19,20,21). The Morgan fingerprint density at radius 1 is 1.30 bits per heavy atom. The zero-order valence-corrected chi connectivity index (χ0v) is 14.0. The third-order valence-electron chi connectivity index (χ3n) is 4.34. The van der Waals surface area contributed by atoms with E-state index in [9.17, 15) is 0 Å². The van der Waals surface area contributed by atoms with Crippen LogP contribution in [0.3, 0.4) is 0 Å². The van der Waals surface area contributed by atoms with E-state index in [0.717, 1.165) is 26.1 Å². The van der Waals surface area contributed by atoms with Gasteiger partial charge in [-0.05, 0) is 31.4 Å². The van der Waals surface area contributed by atoms with E-state index >= 15 is 0 Å². The Labute approximate surface area is 137 Å². The molecule has 1 fully saturated rings. The Morgan fingerprint density at radius 2 is 2.17 bits per heavy atom. The lowest BCUT2D eigenvalue weighted by molar-refractivity contribution is 0.328. The molecule has 0 amide bonds. The lowest BCUT2D eigenvalue weighted by Crippen LogP contribution is -2.26. The second-order valence-electron chi connectivity index (χ2n) is 6.22. The van der Waals surface area contributed by atoms with E-state index in [4.69, 9.17) is 4.74 Å². The van der Waals surface area contributed by atoms with Crippen molar-refractivity contribution >= 4 is 5.95 Å². The van der Waals surface area contributed by atoms with Crippen LogP contribution in [0.15, 0.2) is 30.5 Å². The van der Waals surface area contributed by atoms with Crippen molar-refractivity contribution in [2.45, 2.75) is 32.9 Å². The molecular weight excluding hydrogens is 288 g/mol. The molecule has 1 aromatic heterocycles. The molecule has 0 aliphatic carbocycles. The monoisotopic (exact) mass is 312 g/mol. The van der Waals surface area contributed by atoms with E-state index in [1.54, 1.807) is 19.4 Å². The summed E-state index contributed by atoms with van der Waals surface area (Å²) in [4.78, 5) is 11.1. The van der Waals surface area contributed by atoms with Crippen LogP contribution in [-0.2, 0) is 6.54 Å². The summed E-state index contributed by atoms with van der Waals surface area (Å²) in [5, 5.41) is 3.41. The average molecular weight is 312 g/mol. The van der Waals surface area contributed by atoms with Gasteiger partial charge in [0.2, 0.25) is 11.8 Å². The van der Waals surface area contributed by atoms with Gasteiger partial charge in [0.25, 0.3) is 0 Å². The van der Waals surface area contributed by atoms with Crippen molar-refractivity contribution in [3.63, 3.8) is 0 Å². The van der Waals surface area contributed by atoms with Gasteiger partial charge in [0.1, 0.15) is 0 Å². The molecule has 1 atom stereocenters. The van der Waals surface area contributed by atoms with Crippen molar-refractivity contribution in [2.75, 3.05) is 25.5 Å². The van der Waals surface area contributed by atoms with E-state index in [1.807, 2.05) is 0 Å². The molecule has 2 aromatic rings. The molecule has 1 N–H and O–H groups in total. The van der Waals surface area contributed by atoms with Crippen LogP contribution in [0.1, 0.15) is 23.1 Å². The number of hydrogen-bond acceptors (Lipinski definition) is 5. The first-order chi connectivity index (χ1) is 11.1. The number of likely N-dealkylation sites (tertiary alicyclic amines) is 1. The number of nitrogens with zero attached hydrogens (tertiary/aromatic N) is 3. The normalized spacial score (nSPS) is 18.1. The largest absolute Gasteiger partial charge is 0.481 e. The summed E-state index contributed by atoms with van der Waals surface area (Å²) in [5.74, 6) is 1.23. The summed E-state index contributed by atoms with van der Waals surface area (Å²) in [5.41, 5.74) is 4.11. The minimum Gasteiger partial charge on any atom is -0.481 e. The van der Waals surface area contributed by atoms with Crippen molar-refractivity contribution < 1.29 is 4.74 Å². The van der Waals surface area contributed by atoms with Crippen LogP contribution < -0.4 is 10.1 Å². The molecule has 2 heterocycles. The Morgan fingerprint density at radius 3 is 2.96 bits per heavy atom. The van der Waals surface area contributed by atoms with Crippen molar-refractivity contribution in [2.24, 2.45) is 0 Å². The molecular formula is C18H24N4O. The first-order valence-corrected chi connectivity index (χ1v) is 8.06. The minimum atomic E-state index is 0.382. The highest BCUT2D eigenvalue weighted by Crippen LogP contribution is 2.19. The first-order valence-electron chi connectivity index (χ1n) is 8.06. The fraction of sp³-hybridized carbons (Fsp3) is 0.444. The van der Waals surface area contributed by atoms with Gasteiger partial charge in [-0.3, -0.25) is 4.90 Å². The van der Waals surface area contributed by atoms with Crippen LogP contribution in [0.2, 0.25) is 0 Å². The quantitative estimate of drug-likeness (QED) is 0.920. The number of benzene rings is 1. The Bertz CT molecular complexity index is 674. The summed E-state index contributed by atoms with van der Waals surface area (Å²) in [7, 11) is 1.62. The molecule has 0 spiro atoms. The molecule has 5 nitrogen and oxygen atoms in total. The number of nitrogens with one attached hydrogen (secondary N) is 1. The predicted molar refractivity (Wildman–Crippen MR) is 91.8 cm³/mol. The summed E-state index contributed by atoms with van der Waals surface area (Å²) in [6.07, 6.45) is 2.82. The molecule has 122 valence electrons. The van der Waals surface area contributed by atoms with Crippen molar-refractivity contribution in [1.29, 1.82) is 0 Å². The Hall–Kier alpha value is -2.14. The number of hydrogen-bond donors (Lipinski definition) is 1. The lowest BCUT2D eigenvalue weighted by Gasteiger charge is -2.18. The average Bonchev–Trinajstić information content (AvgIpc) is 2.97. The first kappa shape index (κ1) is 15.7. The maximum atomic E-state index is 5.14. The minimum absolute atomic E-state index is 0.382. The SMILES string of the molecule is COc1ccnc(NC2CCN(Cc3ccc(C)cc3C)C2)n1. The van der Waals surface area contributed by atoms with Crippen molar-refractivity contribution in [3.05, 3.63) is 47.2 Å². The number of methoxy groups -OCH3 is 1. The van der Waals surface area contributed by atoms with Gasteiger partial charge in [-0.15, -0.1) is 0 Å². The molecule has 1 aliphatic heterocycles. The zero-order valence-electron chi connectivity index (χ0n) is 14.0. The van der Waals surface area contributed by atoms with Gasteiger partial charge < -0.3 is 10.1 Å². The number of aryl methyl sites for hydroxylation is 2. The molecule has 23 heavy (non-hydrogen) atoms. The summed E-state index contributed by atoms with van der Waals surface area (Å²) < 4.78 is 5.14. The van der Waals surface area contributed by atoms with Gasteiger partial charge in [0, 0.05) is 37.9 Å². The molecule has 0 saturated carbocycles. The Kier molecular flexibility index (Phi) is 4.76. The van der Waals surface area contributed by atoms with E-state index in [0.29, 0.717) is 17.9 Å². The van der Waals surface area contributed by atoms with Gasteiger partial charge in [0.05, 0.1) is 7.11 Å². The highest BCUT2D eigenvalue weighted by Gasteiger charge is 2.23. The van der Waals surface area contributed by atoms with Gasteiger partial charge in [-0.25, -0.2) is 4.98 Å². The summed E-state index contributed by atoms with van der Waals surface area (Å²) in [6.45, 7) is 7.44. The predicted octanol–water partition coefficient (Wildman–Crippen LogP) is 2.79. The summed E-state index contributed by atoms with van der Waals surface area (Å²) >= 11 is 0. The van der Waals surface area contributed by atoms with E-state index in [2.05, 4.69) is 52.2 Å². The van der Waals surface area contributed by atoms with Crippen LogP contribution >= 0.6 is 0 Å². The fourth-order valence-corrected chi connectivity index (χ4v) is 3.07. The number of anilines is 1. The third kappa shape index (κ3) is 3.99. The number of ether oxygens (including phenoxy) is 1. The highest BCUT2D eigenvalue weighted by molar-refractivity contribution is 5.31. The van der Waals surface area contributed by atoms with Gasteiger partial charge in [-0.1, -0.05) is 23.8 Å². The van der Waals surface area contributed by atoms with Crippen molar-refractivity contribution in [1.82, 2.24) is 14.9 Å². The molecule has 1 aliphatic rings. The molecule has 0 radical (unpaired) electrons. The second-order valence-corrected chi connectivity index (χ2v) is 6.22. The van der Waals surface area contributed by atoms with Crippen molar-refractivity contribution in [3.8, 4) is 5.88 Å². The van der Waals surface area contributed by atoms with E-state index in [-0.39, 0.29) is 0 Å². The van der Waals surface area contributed by atoms with Crippen LogP contribution in [0.25, 0.3) is 0 Å². The molecule has 1 saturated heterocycles. The molecule has 0 bridgehead atoms. The molecule has 1 aromatic carbocycles. The third-order valence-corrected chi connectivity index (χ3v) is 4.34. The lowest BCUT2D eigenvalue weighted by atomic mass is 10.1. The smallest absolute Gasteiger partial charge is 0.226 e. The molecule has 3 rings (SSSR count). The summed E-state index contributed by atoms with van der Waals surface area (Å²) in [6, 6.07) is 8.83. The maximum absolute atomic E-state index is 5.14. The van der Waals surface area contributed by atoms with Crippen LogP contribution in [0.5, 0.6) is 5.88 Å². The highest BCUT2D eigenvalue weighted by atomic mass is 16.5. The zero-order chi connectivity index (χ0) is 16.2. The van der Waals surface area contributed by atoms with Crippen LogP contribution in [-0.4, -0.2) is 41.1 Å². The topological polar surface area (TPSA) is 50.3 Å². The van der Waals surface area contributed by atoms with Gasteiger partial charge in [-0.2, -0.15) is 4.98 Å². The number of rotatable bonds is 5. The van der Waals surface area contributed by atoms with Gasteiger partial charge >= 0.3 is 0 Å². The Balaban J connectivity index is 1.57. The maximum Gasteiger partial charge on any atom is 0.226 e. The molecule has 5 heteroatoms. The number of aromatic nitrogens is 2. The van der Waals surface area contributed by atoms with E-state index < -0.39 is 0 Å².